The average molecular weight is 289 g/mol. The molecule has 2 rings (SSSR count). The Morgan fingerprint density at radius 3 is 2.86 bits per heavy atom. The van der Waals surface area contributed by atoms with E-state index in [1.54, 1.807) is 0 Å². The van der Waals surface area contributed by atoms with Crippen molar-refractivity contribution in [2.45, 2.75) is 39.2 Å². The monoisotopic (exact) mass is 289 g/mol. The summed E-state index contributed by atoms with van der Waals surface area (Å²) in [7, 11) is 0. The molecule has 1 heterocycles. The molecule has 1 fully saturated rings. The van der Waals surface area contributed by atoms with Crippen LogP contribution in [-0.4, -0.2) is 32.1 Å². The smallest absolute Gasteiger partial charge is 0.221 e. The summed E-state index contributed by atoms with van der Waals surface area (Å²) in [6, 6.07) is 8.98. The molecule has 0 saturated carbocycles. The number of carbonyl (C=O) groups is 1. The van der Waals surface area contributed by atoms with Crippen molar-refractivity contribution in [1.29, 1.82) is 0 Å². The lowest BCUT2D eigenvalue weighted by atomic mass is 10.0. The Balaban J connectivity index is 2.20. The molecule has 1 aromatic carbocycles. The maximum atomic E-state index is 11.5. The Labute approximate surface area is 127 Å². The lowest BCUT2D eigenvalue weighted by Gasteiger charge is -2.28. The van der Waals surface area contributed by atoms with Crippen molar-refractivity contribution in [3.8, 4) is 0 Å². The number of carbonyl (C=O) groups excluding carboxylic acids is 1. The predicted octanol–water partition coefficient (Wildman–Crippen LogP) is 2.46. The van der Waals surface area contributed by atoms with Gasteiger partial charge in [-0.25, -0.2) is 0 Å². The van der Waals surface area contributed by atoms with Gasteiger partial charge in [0.2, 0.25) is 5.91 Å². The largest absolute Gasteiger partial charge is 0.369 e. The Bertz CT molecular complexity index is 461. The Kier molecular flexibility index (Phi) is 6.05. The molecule has 21 heavy (non-hydrogen) atoms. The van der Waals surface area contributed by atoms with E-state index in [4.69, 9.17) is 0 Å². The van der Waals surface area contributed by atoms with E-state index in [0.29, 0.717) is 12.5 Å². The van der Waals surface area contributed by atoms with Gasteiger partial charge in [0.15, 0.2) is 0 Å². The number of anilines is 1. The molecule has 0 aromatic heterocycles. The van der Waals surface area contributed by atoms with Crippen LogP contribution in [0.5, 0.6) is 0 Å². The lowest BCUT2D eigenvalue weighted by Crippen LogP contribution is -2.31. The van der Waals surface area contributed by atoms with E-state index in [1.807, 2.05) is 0 Å². The molecule has 0 aliphatic carbocycles. The first-order valence-corrected chi connectivity index (χ1v) is 8.10. The summed E-state index contributed by atoms with van der Waals surface area (Å²) in [5.41, 5.74) is 2.62. The molecule has 2 N–H and O–H groups in total. The third kappa shape index (κ3) is 4.21. The Morgan fingerprint density at radius 1 is 1.29 bits per heavy atom. The maximum Gasteiger partial charge on any atom is 0.221 e. The van der Waals surface area contributed by atoms with Crippen LogP contribution >= 0.6 is 0 Å². The lowest BCUT2D eigenvalue weighted by molar-refractivity contribution is -0.120. The highest BCUT2D eigenvalue weighted by molar-refractivity contribution is 5.77. The van der Waals surface area contributed by atoms with Crippen LogP contribution in [0.3, 0.4) is 0 Å². The molecule has 1 amide bonds. The molecule has 4 heteroatoms. The van der Waals surface area contributed by atoms with Crippen molar-refractivity contribution >= 4 is 11.6 Å². The van der Waals surface area contributed by atoms with Crippen LogP contribution in [0.1, 0.15) is 44.7 Å². The van der Waals surface area contributed by atoms with E-state index < -0.39 is 0 Å². The van der Waals surface area contributed by atoms with Crippen LogP contribution in [0.25, 0.3) is 0 Å². The van der Waals surface area contributed by atoms with Gasteiger partial charge < -0.3 is 15.5 Å². The topological polar surface area (TPSA) is 44.4 Å². The minimum atomic E-state index is 0.158. The molecule has 1 atom stereocenters. The molecule has 0 radical (unpaired) electrons. The number of nitrogens with zero attached hydrogens (tertiary/aromatic N) is 1. The van der Waals surface area contributed by atoms with Gasteiger partial charge in [-0.2, -0.15) is 0 Å². The summed E-state index contributed by atoms with van der Waals surface area (Å²) in [4.78, 5) is 13.9. The van der Waals surface area contributed by atoms with E-state index in [-0.39, 0.29) is 5.91 Å². The van der Waals surface area contributed by atoms with Gasteiger partial charge in [-0.15, -0.1) is 0 Å². The molecule has 0 bridgehead atoms. The molecule has 1 aromatic rings. The number of hydrogen-bond donors (Lipinski definition) is 2. The second kappa shape index (κ2) is 8.03. The van der Waals surface area contributed by atoms with Gasteiger partial charge in [-0.05, 0) is 31.0 Å². The van der Waals surface area contributed by atoms with Gasteiger partial charge in [-0.3, -0.25) is 4.79 Å². The number of hydrogen-bond acceptors (Lipinski definition) is 3. The van der Waals surface area contributed by atoms with Crippen LogP contribution in [0.15, 0.2) is 24.3 Å². The van der Waals surface area contributed by atoms with Gasteiger partial charge in [0.05, 0.1) is 0 Å². The number of benzene rings is 1. The van der Waals surface area contributed by atoms with Crippen LogP contribution in [-0.2, 0) is 4.79 Å². The number of amides is 1. The van der Waals surface area contributed by atoms with Gasteiger partial charge in [0.25, 0.3) is 0 Å². The van der Waals surface area contributed by atoms with Crippen molar-refractivity contribution in [3.63, 3.8) is 0 Å². The second-order valence-corrected chi connectivity index (χ2v) is 5.56. The summed E-state index contributed by atoms with van der Waals surface area (Å²) in [6.45, 7) is 7.86. The summed E-state index contributed by atoms with van der Waals surface area (Å²) < 4.78 is 0. The fraction of sp³-hybridized carbons (Fsp3) is 0.588. The minimum Gasteiger partial charge on any atom is -0.369 e. The number of nitrogens with one attached hydrogen (secondary N) is 2. The normalized spacial score (nSPS) is 17.2. The third-order valence-corrected chi connectivity index (χ3v) is 4.01. The summed E-state index contributed by atoms with van der Waals surface area (Å²) in [5.74, 6) is 0.158. The van der Waals surface area contributed by atoms with Crippen molar-refractivity contribution in [2.75, 3.05) is 31.1 Å². The summed E-state index contributed by atoms with van der Waals surface area (Å²) in [5, 5.41) is 6.58. The maximum absolute atomic E-state index is 11.5. The first kappa shape index (κ1) is 15.8. The van der Waals surface area contributed by atoms with Gasteiger partial charge in [0, 0.05) is 37.8 Å². The zero-order chi connectivity index (χ0) is 15.1. The van der Waals surface area contributed by atoms with Crippen LogP contribution in [0.2, 0.25) is 0 Å². The van der Waals surface area contributed by atoms with Crippen molar-refractivity contribution < 1.29 is 4.79 Å². The molecular formula is C17H27N3O. The predicted molar refractivity (Wildman–Crippen MR) is 87.6 cm³/mol. The number of para-hydroxylation sites is 1. The molecule has 1 unspecified atom stereocenters. The van der Waals surface area contributed by atoms with Crippen LogP contribution < -0.4 is 15.5 Å². The summed E-state index contributed by atoms with van der Waals surface area (Å²) in [6.07, 6.45) is 2.79. The first-order chi connectivity index (χ1) is 10.3. The van der Waals surface area contributed by atoms with E-state index in [0.717, 1.165) is 39.0 Å². The van der Waals surface area contributed by atoms with Gasteiger partial charge in [-0.1, -0.05) is 32.0 Å². The molecule has 1 aliphatic heterocycles. The van der Waals surface area contributed by atoms with E-state index in [1.165, 1.54) is 11.3 Å². The standard InChI is InChI=1S/C17H27N3O/c1-3-10-18-15(4-2)14-7-5-6-8-16(14)20-12-9-17(21)19-11-13-20/h5-8,15,18H,3-4,9-13H2,1-2H3,(H,19,21). The van der Waals surface area contributed by atoms with Crippen LogP contribution in [0.4, 0.5) is 5.69 Å². The van der Waals surface area contributed by atoms with Gasteiger partial charge in [0.1, 0.15) is 0 Å². The van der Waals surface area contributed by atoms with Crippen molar-refractivity contribution in [2.24, 2.45) is 0 Å². The number of rotatable bonds is 6. The first-order valence-electron chi connectivity index (χ1n) is 8.10. The van der Waals surface area contributed by atoms with E-state index >= 15 is 0 Å². The minimum absolute atomic E-state index is 0.158. The van der Waals surface area contributed by atoms with Gasteiger partial charge >= 0.3 is 0 Å². The zero-order valence-electron chi connectivity index (χ0n) is 13.2. The SMILES string of the molecule is CCCNC(CC)c1ccccc1N1CCNC(=O)CC1. The van der Waals surface area contributed by atoms with E-state index in [9.17, 15) is 4.79 Å². The Hall–Kier alpha value is -1.55. The quantitative estimate of drug-likeness (QED) is 0.845. The van der Waals surface area contributed by atoms with Crippen molar-refractivity contribution in [3.05, 3.63) is 29.8 Å². The molecule has 4 nitrogen and oxygen atoms in total. The van der Waals surface area contributed by atoms with Crippen LogP contribution in [0, 0.1) is 0 Å². The highest BCUT2D eigenvalue weighted by Gasteiger charge is 2.19. The molecule has 0 spiro atoms. The molecule has 116 valence electrons. The zero-order valence-corrected chi connectivity index (χ0v) is 13.2. The fourth-order valence-corrected chi connectivity index (χ4v) is 2.87. The summed E-state index contributed by atoms with van der Waals surface area (Å²) >= 11 is 0. The third-order valence-electron chi connectivity index (χ3n) is 4.01. The van der Waals surface area contributed by atoms with E-state index in [2.05, 4.69) is 53.6 Å². The second-order valence-electron chi connectivity index (χ2n) is 5.56. The Morgan fingerprint density at radius 2 is 2.10 bits per heavy atom. The van der Waals surface area contributed by atoms with Crippen molar-refractivity contribution in [1.82, 2.24) is 10.6 Å². The molecular weight excluding hydrogens is 262 g/mol. The average Bonchev–Trinajstić information content (AvgIpc) is 2.73. The molecule has 1 saturated heterocycles. The highest BCUT2D eigenvalue weighted by atomic mass is 16.1. The fourth-order valence-electron chi connectivity index (χ4n) is 2.87. The highest BCUT2D eigenvalue weighted by Crippen LogP contribution is 2.28. The molecule has 1 aliphatic rings.